The minimum absolute atomic E-state index is 0.0341. The molecule has 0 saturated carbocycles. The monoisotopic (exact) mass is 274 g/mol. The molecule has 1 rings (SSSR count). The van der Waals surface area contributed by atoms with Crippen molar-refractivity contribution < 1.29 is 14.7 Å². The highest BCUT2D eigenvalue weighted by molar-refractivity contribution is 5.94. The molecule has 0 atom stereocenters. The summed E-state index contributed by atoms with van der Waals surface area (Å²) in [5.41, 5.74) is 7.22. The molecule has 5 nitrogen and oxygen atoms in total. The van der Waals surface area contributed by atoms with Crippen LogP contribution in [0.4, 0.5) is 0 Å². The number of primary amides is 1. The van der Waals surface area contributed by atoms with E-state index < -0.39 is 5.91 Å². The first-order valence-corrected chi connectivity index (χ1v) is 6.31. The third-order valence-electron chi connectivity index (χ3n) is 2.61. The second-order valence-corrected chi connectivity index (χ2v) is 4.28. The van der Waals surface area contributed by atoms with Crippen LogP contribution in [0.15, 0.2) is 18.2 Å². The Bertz CT molecular complexity index is 556. The third-order valence-corrected chi connectivity index (χ3v) is 2.61. The Morgan fingerprint density at radius 2 is 2.15 bits per heavy atom. The van der Waals surface area contributed by atoms with Crippen LogP contribution in [0.3, 0.4) is 0 Å². The maximum Gasteiger partial charge on any atom is 0.251 e. The van der Waals surface area contributed by atoms with E-state index in [0.717, 1.165) is 11.1 Å². The summed E-state index contributed by atoms with van der Waals surface area (Å²) in [6.45, 7) is 2.13. The molecule has 0 aliphatic heterocycles. The first-order valence-electron chi connectivity index (χ1n) is 6.31. The number of hydrogen-bond donors (Lipinski definition) is 3. The van der Waals surface area contributed by atoms with Crippen LogP contribution >= 0.6 is 0 Å². The summed E-state index contributed by atoms with van der Waals surface area (Å²) < 4.78 is 0. The number of carbonyl (C=O) groups excluding carboxylic acids is 2. The van der Waals surface area contributed by atoms with Crippen LogP contribution in [0.25, 0.3) is 0 Å². The Morgan fingerprint density at radius 3 is 2.75 bits per heavy atom. The van der Waals surface area contributed by atoms with Gasteiger partial charge < -0.3 is 16.2 Å². The standard InChI is InChI=1S/C15H18N2O3/c1-11-10-13(15(20)17-8-7-14(16)19)6-5-12(11)4-2-3-9-18/h5-6,10,18H,3,7-9H2,1H3,(H2,16,19)(H,17,20). The van der Waals surface area contributed by atoms with E-state index in [-0.39, 0.29) is 25.5 Å². The van der Waals surface area contributed by atoms with Gasteiger partial charge in [-0.05, 0) is 30.7 Å². The van der Waals surface area contributed by atoms with Crippen molar-refractivity contribution in [3.8, 4) is 11.8 Å². The van der Waals surface area contributed by atoms with E-state index in [9.17, 15) is 9.59 Å². The molecule has 0 heterocycles. The van der Waals surface area contributed by atoms with Crippen molar-refractivity contribution in [2.24, 2.45) is 5.73 Å². The van der Waals surface area contributed by atoms with E-state index in [0.29, 0.717) is 12.0 Å². The van der Waals surface area contributed by atoms with Crippen molar-refractivity contribution >= 4 is 11.8 Å². The number of nitrogens with two attached hydrogens (primary N) is 1. The molecule has 0 saturated heterocycles. The first-order chi connectivity index (χ1) is 9.54. The molecule has 5 heteroatoms. The summed E-state index contributed by atoms with van der Waals surface area (Å²) in [4.78, 5) is 22.4. The average Bonchev–Trinajstić information content (AvgIpc) is 2.40. The Hall–Kier alpha value is -2.32. The summed E-state index contributed by atoms with van der Waals surface area (Å²) in [5, 5.41) is 11.3. The zero-order valence-corrected chi connectivity index (χ0v) is 11.4. The second kappa shape index (κ2) is 7.97. The third kappa shape index (κ3) is 5.12. The molecule has 0 aliphatic carbocycles. The van der Waals surface area contributed by atoms with Gasteiger partial charge in [0.1, 0.15) is 0 Å². The summed E-state index contributed by atoms with van der Waals surface area (Å²) >= 11 is 0. The number of rotatable bonds is 5. The fraction of sp³-hybridized carbons (Fsp3) is 0.333. The van der Waals surface area contributed by atoms with Gasteiger partial charge in [0.05, 0.1) is 6.61 Å². The maximum atomic E-state index is 11.8. The molecule has 0 unspecified atom stereocenters. The highest BCUT2D eigenvalue weighted by Crippen LogP contribution is 2.10. The van der Waals surface area contributed by atoms with Gasteiger partial charge in [-0.15, -0.1) is 0 Å². The van der Waals surface area contributed by atoms with E-state index >= 15 is 0 Å². The molecule has 0 radical (unpaired) electrons. The van der Waals surface area contributed by atoms with Crippen molar-refractivity contribution in [3.05, 3.63) is 34.9 Å². The van der Waals surface area contributed by atoms with Gasteiger partial charge in [-0.25, -0.2) is 0 Å². The maximum absolute atomic E-state index is 11.8. The number of aryl methyl sites for hydroxylation is 1. The van der Waals surface area contributed by atoms with E-state index in [1.54, 1.807) is 18.2 Å². The van der Waals surface area contributed by atoms with Gasteiger partial charge in [0.2, 0.25) is 5.91 Å². The van der Waals surface area contributed by atoms with E-state index in [2.05, 4.69) is 17.2 Å². The van der Waals surface area contributed by atoms with Crippen molar-refractivity contribution in [1.82, 2.24) is 5.32 Å². The van der Waals surface area contributed by atoms with Crippen LogP contribution < -0.4 is 11.1 Å². The predicted molar refractivity (Wildman–Crippen MR) is 75.9 cm³/mol. The summed E-state index contributed by atoms with van der Waals surface area (Å²) in [7, 11) is 0. The zero-order valence-electron chi connectivity index (χ0n) is 11.4. The van der Waals surface area contributed by atoms with E-state index in [4.69, 9.17) is 10.8 Å². The van der Waals surface area contributed by atoms with Crippen LogP contribution in [0, 0.1) is 18.8 Å². The molecule has 1 aromatic rings. The molecule has 1 aromatic carbocycles. The predicted octanol–water partition coefficient (Wildman–Crippen LogP) is 0.334. The number of aliphatic hydroxyl groups excluding tert-OH is 1. The van der Waals surface area contributed by atoms with E-state index in [1.807, 2.05) is 6.92 Å². The lowest BCUT2D eigenvalue weighted by atomic mass is 10.0. The largest absolute Gasteiger partial charge is 0.395 e. The topological polar surface area (TPSA) is 92.4 Å². The zero-order chi connectivity index (χ0) is 15.0. The van der Waals surface area contributed by atoms with Gasteiger partial charge in [0.15, 0.2) is 0 Å². The number of benzene rings is 1. The van der Waals surface area contributed by atoms with Gasteiger partial charge in [0.25, 0.3) is 5.91 Å². The number of hydrogen-bond acceptors (Lipinski definition) is 3. The van der Waals surface area contributed by atoms with Gasteiger partial charge in [-0.3, -0.25) is 9.59 Å². The Balaban J connectivity index is 2.69. The quantitative estimate of drug-likeness (QED) is 0.676. The summed E-state index contributed by atoms with van der Waals surface area (Å²) in [6.07, 6.45) is 0.546. The molecule has 0 spiro atoms. The smallest absolute Gasteiger partial charge is 0.251 e. The molecule has 20 heavy (non-hydrogen) atoms. The molecule has 0 aliphatic rings. The fourth-order valence-electron chi connectivity index (χ4n) is 1.56. The van der Waals surface area contributed by atoms with Crippen LogP contribution in [0.2, 0.25) is 0 Å². The number of aliphatic hydroxyl groups is 1. The van der Waals surface area contributed by atoms with Crippen LogP contribution in [0.1, 0.15) is 34.3 Å². The molecule has 0 aromatic heterocycles. The molecule has 0 fully saturated rings. The lowest BCUT2D eigenvalue weighted by Gasteiger charge is -2.06. The first kappa shape index (κ1) is 15.7. The Morgan fingerprint density at radius 1 is 1.40 bits per heavy atom. The van der Waals surface area contributed by atoms with Crippen LogP contribution in [-0.2, 0) is 4.79 Å². The number of carbonyl (C=O) groups is 2. The SMILES string of the molecule is Cc1cc(C(=O)NCCC(N)=O)ccc1C#CCCO. The van der Waals surface area contributed by atoms with Crippen LogP contribution in [0.5, 0.6) is 0 Å². The minimum Gasteiger partial charge on any atom is -0.395 e. The Kier molecular flexibility index (Phi) is 6.27. The Labute approximate surface area is 118 Å². The molecular weight excluding hydrogens is 256 g/mol. The molecule has 4 N–H and O–H groups in total. The summed E-state index contributed by atoms with van der Waals surface area (Å²) in [5.74, 6) is 5.08. The second-order valence-electron chi connectivity index (χ2n) is 4.28. The summed E-state index contributed by atoms with van der Waals surface area (Å²) in [6, 6.07) is 5.18. The average molecular weight is 274 g/mol. The lowest BCUT2D eigenvalue weighted by Crippen LogP contribution is -2.27. The normalized spacial score (nSPS) is 9.50. The minimum atomic E-state index is -0.448. The number of nitrogens with one attached hydrogen (secondary N) is 1. The molecule has 106 valence electrons. The molecule has 0 bridgehead atoms. The molecular formula is C15H18N2O3. The van der Waals surface area contributed by atoms with Gasteiger partial charge in [-0.1, -0.05) is 11.8 Å². The van der Waals surface area contributed by atoms with Crippen molar-refractivity contribution in [2.75, 3.05) is 13.2 Å². The number of amides is 2. The van der Waals surface area contributed by atoms with Crippen molar-refractivity contribution in [3.63, 3.8) is 0 Å². The van der Waals surface area contributed by atoms with Crippen molar-refractivity contribution in [2.45, 2.75) is 19.8 Å². The van der Waals surface area contributed by atoms with Crippen LogP contribution in [-0.4, -0.2) is 30.1 Å². The highest BCUT2D eigenvalue weighted by Gasteiger charge is 2.07. The van der Waals surface area contributed by atoms with Gasteiger partial charge >= 0.3 is 0 Å². The van der Waals surface area contributed by atoms with Gasteiger partial charge in [-0.2, -0.15) is 0 Å². The van der Waals surface area contributed by atoms with Gasteiger partial charge in [0, 0.05) is 30.5 Å². The van der Waals surface area contributed by atoms with E-state index in [1.165, 1.54) is 0 Å². The van der Waals surface area contributed by atoms with Crippen molar-refractivity contribution in [1.29, 1.82) is 0 Å². The lowest BCUT2D eigenvalue weighted by molar-refractivity contribution is -0.117. The fourth-order valence-corrected chi connectivity index (χ4v) is 1.56. The highest BCUT2D eigenvalue weighted by atomic mass is 16.2. The molecule has 2 amide bonds.